The molecule has 0 radical (unpaired) electrons. The third-order valence-electron chi connectivity index (χ3n) is 2.15. The SMILES string of the molecule is CC1OC2COC(=O)C2(C)O1. The first-order chi connectivity index (χ1) is 5.13. The highest BCUT2D eigenvalue weighted by Crippen LogP contribution is 2.35. The van der Waals surface area contributed by atoms with Gasteiger partial charge in [0.15, 0.2) is 11.9 Å². The summed E-state index contributed by atoms with van der Waals surface area (Å²) in [6.07, 6.45) is -0.511. The van der Waals surface area contributed by atoms with Crippen LogP contribution in [0.5, 0.6) is 0 Å². The van der Waals surface area contributed by atoms with Crippen molar-refractivity contribution in [2.45, 2.75) is 31.8 Å². The third-order valence-corrected chi connectivity index (χ3v) is 2.15. The van der Waals surface area contributed by atoms with Crippen molar-refractivity contribution in [1.29, 1.82) is 0 Å². The number of hydrogen-bond donors (Lipinski definition) is 0. The predicted octanol–water partition coefficient (Wildman–Crippen LogP) is 0.0633. The van der Waals surface area contributed by atoms with Gasteiger partial charge in [-0.25, -0.2) is 4.79 Å². The summed E-state index contributed by atoms with van der Waals surface area (Å²) in [4.78, 5) is 11.1. The molecular formula is C7H10O4. The topological polar surface area (TPSA) is 44.8 Å². The van der Waals surface area contributed by atoms with Crippen molar-refractivity contribution in [2.24, 2.45) is 0 Å². The first kappa shape index (κ1) is 7.06. The molecule has 0 aromatic rings. The molecule has 11 heavy (non-hydrogen) atoms. The fourth-order valence-corrected chi connectivity index (χ4v) is 1.48. The van der Waals surface area contributed by atoms with Gasteiger partial charge in [-0.3, -0.25) is 0 Å². The zero-order valence-electron chi connectivity index (χ0n) is 6.49. The van der Waals surface area contributed by atoms with Gasteiger partial charge >= 0.3 is 5.97 Å². The fraction of sp³-hybridized carbons (Fsp3) is 0.857. The first-order valence-electron chi connectivity index (χ1n) is 3.63. The molecule has 3 unspecified atom stereocenters. The van der Waals surface area contributed by atoms with Crippen LogP contribution in [0.3, 0.4) is 0 Å². The van der Waals surface area contributed by atoms with Crippen molar-refractivity contribution < 1.29 is 19.0 Å². The molecule has 0 bridgehead atoms. The molecule has 2 fully saturated rings. The molecule has 3 atom stereocenters. The summed E-state index contributed by atoms with van der Waals surface area (Å²) in [5.41, 5.74) is -0.848. The zero-order chi connectivity index (χ0) is 8.06. The minimum atomic E-state index is -0.848. The molecule has 2 aliphatic rings. The van der Waals surface area contributed by atoms with E-state index in [1.807, 2.05) is 0 Å². The molecule has 4 nitrogen and oxygen atoms in total. The largest absolute Gasteiger partial charge is 0.461 e. The highest BCUT2D eigenvalue weighted by atomic mass is 16.8. The van der Waals surface area contributed by atoms with Crippen LogP contribution in [0.4, 0.5) is 0 Å². The van der Waals surface area contributed by atoms with Crippen molar-refractivity contribution in [3.63, 3.8) is 0 Å². The maximum atomic E-state index is 11.1. The van der Waals surface area contributed by atoms with Crippen LogP contribution >= 0.6 is 0 Å². The normalized spacial score (nSPS) is 49.1. The number of rotatable bonds is 0. The molecule has 2 heterocycles. The van der Waals surface area contributed by atoms with E-state index >= 15 is 0 Å². The second-order valence-corrected chi connectivity index (χ2v) is 3.02. The molecule has 0 aliphatic carbocycles. The lowest BCUT2D eigenvalue weighted by Gasteiger charge is -2.14. The monoisotopic (exact) mass is 158 g/mol. The van der Waals surface area contributed by atoms with Crippen molar-refractivity contribution in [3.8, 4) is 0 Å². The molecular weight excluding hydrogens is 148 g/mol. The lowest BCUT2D eigenvalue weighted by Crippen LogP contribution is -2.38. The number of cyclic esters (lactones) is 1. The van der Waals surface area contributed by atoms with Crippen LogP contribution < -0.4 is 0 Å². The maximum absolute atomic E-state index is 11.1. The van der Waals surface area contributed by atoms with Crippen molar-refractivity contribution in [2.75, 3.05) is 6.61 Å². The summed E-state index contributed by atoms with van der Waals surface area (Å²) < 4.78 is 15.4. The highest BCUT2D eigenvalue weighted by Gasteiger charge is 2.56. The average molecular weight is 158 g/mol. The smallest absolute Gasteiger partial charge is 0.341 e. The Balaban J connectivity index is 2.26. The van der Waals surface area contributed by atoms with Crippen LogP contribution in [0.1, 0.15) is 13.8 Å². The second kappa shape index (κ2) is 1.95. The predicted molar refractivity (Wildman–Crippen MR) is 34.8 cm³/mol. The van der Waals surface area contributed by atoms with Crippen LogP contribution in [0, 0.1) is 0 Å². The molecule has 0 amide bonds. The number of ether oxygens (including phenoxy) is 3. The summed E-state index contributed by atoms with van der Waals surface area (Å²) in [5.74, 6) is -0.313. The van der Waals surface area contributed by atoms with E-state index in [9.17, 15) is 4.79 Å². The van der Waals surface area contributed by atoms with E-state index in [2.05, 4.69) is 0 Å². The van der Waals surface area contributed by atoms with Gasteiger partial charge in [0.1, 0.15) is 12.7 Å². The van der Waals surface area contributed by atoms with Crippen LogP contribution in [-0.4, -0.2) is 30.6 Å². The van der Waals surface area contributed by atoms with Crippen LogP contribution in [0.2, 0.25) is 0 Å². The molecule has 0 saturated carbocycles. The van der Waals surface area contributed by atoms with E-state index in [-0.39, 0.29) is 18.4 Å². The molecule has 0 aromatic heterocycles. The highest BCUT2D eigenvalue weighted by molar-refractivity contribution is 5.82. The Morgan fingerprint density at radius 2 is 2.36 bits per heavy atom. The summed E-state index contributed by atoms with van der Waals surface area (Å²) >= 11 is 0. The van der Waals surface area contributed by atoms with Gasteiger partial charge in [-0.2, -0.15) is 0 Å². The van der Waals surface area contributed by atoms with E-state index in [4.69, 9.17) is 14.2 Å². The van der Waals surface area contributed by atoms with Crippen LogP contribution in [-0.2, 0) is 19.0 Å². The van der Waals surface area contributed by atoms with Crippen molar-refractivity contribution >= 4 is 5.97 Å². The van der Waals surface area contributed by atoms with E-state index in [1.54, 1.807) is 13.8 Å². The summed E-state index contributed by atoms with van der Waals surface area (Å²) in [5, 5.41) is 0. The number of hydrogen-bond acceptors (Lipinski definition) is 4. The lowest BCUT2D eigenvalue weighted by molar-refractivity contribution is -0.163. The number of fused-ring (bicyclic) bond motifs is 1. The summed E-state index contributed by atoms with van der Waals surface area (Å²) in [6.45, 7) is 3.80. The van der Waals surface area contributed by atoms with E-state index in [1.165, 1.54) is 0 Å². The molecule has 0 spiro atoms. The fourth-order valence-electron chi connectivity index (χ4n) is 1.48. The lowest BCUT2D eigenvalue weighted by atomic mass is 10.0. The second-order valence-electron chi connectivity index (χ2n) is 3.02. The van der Waals surface area contributed by atoms with Gasteiger partial charge in [0.2, 0.25) is 0 Å². The number of carbonyl (C=O) groups excluding carboxylic acids is 1. The van der Waals surface area contributed by atoms with Gasteiger partial charge in [-0.05, 0) is 13.8 Å². The molecule has 4 heteroatoms. The first-order valence-corrected chi connectivity index (χ1v) is 3.63. The quantitative estimate of drug-likeness (QED) is 0.468. The Kier molecular flexibility index (Phi) is 1.25. The maximum Gasteiger partial charge on any atom is 0.341 e. The summed E-state index contributed by atoms with van der Waals surface area (Å²) in [6, 6.07) is 0. The van der Waals surface area contributed by atoms with Gasteiger partial charge in [0.25, 0.3) is 0 Å². The zero-order valence-corrected chi connectivity index (χ0v) is 6.49. The van der Waals surface area contributed by atoms with Gasteiger partial charge in [0, 0.05) is 0 Å². The Hall–Kier alpha value is -0.610. The van der Waals surface area contributed by atoms with Gasteiger partial charge in [-0.1, -0.05) is 0 Å². The molecule has 2 saturated heterocycles. The minimum Gasteiger partial charge on any atom is -0.461 e. The molecule has 0 N–H and O–H groups in total. The van der Waals surface area contributed by atoms with E-state index < -0.39 is 5.60 Å². The minimum absolute atomic E-state index is 0.218. The van der Waals surface area contributed by atoms with E-state index in [0.29, 0.717) is 6.61 Å². The number of esters is 1. The van der Waals surface area contributed by atoms with Crippen LogP contribution in [0.25, 0.3) is 0 Å². The van der Waals surface area contributed by atoms with Gasteiger partial charge in [-0.15, -0.1) is 0 Å². The number of carbonyl (C=O) groups is 1. The molecule has 2 aliphatic heterocycles. The van der Waals surface area contributed by atoms with E-state index in [0.717, 1.165) is 0 Å². The van der Waals surface area contributed by atoms with Crippen molar-refractivity contribution in [3.05, 3.63) is 0 Å². The van der Waals surface area contributed by atoms with Gasteiger partial charge in [0.05, 0.1) is 0 Å². The standard InChI is InChI=1S/C7H10O4/c1-4-10-5-3-9-6(8)7(5,2)11-4/h4-5H,3H2,1-2H3. The van der Waals surface area contributed by atoms with Crippen LogP contribution in [0.15, 0.2) is 0 Å². The molecule has 0 aromatic carbocycles. The Morgan fingerprint density at radius 1 is 1.64 bits per heavy atom. The van der Waals surface area contributed by atoms with Gasteiger partial charge < -0.3 is 14.2 Å². The molecule has 2 rings (SSSR count). The average Bonchev–Trinajstić information content (AvgIpc) is 2.32. The Morgan fingerprint density at radius 3 is 3.00 bits per heavy atom. The third kappa shape index (κ3) is 0.795. The summed E-state index contributed by atoms with van der Waals surface area (Å²) in [7, 11) is 0. The van der Waals surface area contributed by atoms with Crippen molar-refractivity contribution in [1.82, 2.24) is 0 Å². The molecule has 62 valence electrons. The Labute approximate surface area is 64.4 Å². The Bertz CT molecular complexity index is 203.